The summed E-state index contributed by atoms with van der Waals surface area (Å²) in [5, 5.41) is 2.92. The SMILES string of the molecule is CC(C)c1ccc(NC(=O)c2ccc(N3CCCCCC3)cn2)cc1. The Kier molecular flexibility index (Phi) is 5.69. The average Bonchev–Trinajstić information content (AvgIpc) is 2.92. The maximum atomic E-state index is 12.4. The van der Waals surface area contributed by atoms with E-state index in [1.165, 1.54) is 31.2 Å². The second kappa shape index (κ2) is 8.15. The van der Waals surface area contributed by atoms with Crippen molar-refractivity contribution in [1.82, 2.24) is 4.98 Å². The Morgan fingerprint density at radius 2 is 1.68 bits per heavy atom. The molecule has 2 aromatic rings. The van der Waals surface area contributed by atoms with Crippen LogP contribution in [0.5, 0.6) is 0 Å². The van der Waals surface area contributed by atoms with Crippen LogP contribution in [0.3, 0.4) is 0 Å². The summed E-state index contributed by atoms with van der Waals surface area (Å²) in [4.78, 5) is 19.1. The molecule has 2 heterocycles. The monoisotopic (exact) mass is 337 g/mol. The lowest BCUT2D eigenvalue weighted by molar-refractivity contribution is 0.102. The van der Waals surface area contributed by atoms with E-state index in [4.69, 9.17) is 0 Å². The van der Waals surface area contributed by atoms with Crippen molar-refractivity contribution in [3.63, 3.8) is 0 Å². The Hall–Kier alpha value is -2.36. The molecular weight excluding hydrogens is 310 g/mol. The van der Waals surface area contributed by atoms with Crippen LogP contribution in [-0.4, -0.2) is 24.0 Å². The van der Waals surface area contributed by atoms with Crippen molar-refractivity contribution in [1.29, 1.82) is 0 Å². The third-order valence-electron chi connectivity index (χ3n) is 4.79. The van der Waals surface area contributed by atoms with Crippen LogP contribution in [0, 0.1) is 0 Å². The lowest BCUT2D eigenvalue weighted by atomic mass is 10.0. The molecular formula is C21H27N3O. The number of hydrogen-bond acceptors (Lipinski definition) is 3. The number of rotatable bonds is 4. The zero-order chi connectivity index (χ0) is 17.6. The first-order chi connectivity index (χ1) is 12.1. The number of nitrogens with one attached hydrogen (secondary N) is 1. The molecule has 1 fully saturated rings. The second-order valence-electron chi connectivity index (χ2n) is 7.03. The van der Waals surface area contributed by atoms with Crippen LogP contribution in [0.25, 0.3) is 0 Å². The van der Waals surface area contributed by atoms with E-state index in [1.807, 2.05) is 30.5 Å². The highest BCUT2D eigenvalue weighted by Gasteiger charge is 2.12. The van der Waals surface area contributed by atoms with Gasteiger partial charge in [0.15, 0.2) is 0 Å². The molecule has 132 valence electrons. The van der Waals surface area contributed by atoms with Crippen molar-refractivity contribution >= 4 is 17.3 Å². The van der Waals surface area contributed by atoms with E-state index >= 15 is 0 Å². The van der Waals surface area contributed by atoms with Gasteiger partial charge in [0, 0.05) is 18.8 Å². The first-order valence-corrected chi connectivity index (χ1v) is 9.26. The lowest BCUT2D eigenvalue weighted by Crippen LogP contribution is -2.24. The fraction of sp³-hybridized carbons (Fsp3) is 0.429. The molecule has 0 radical (unpaired) electrons. The standard InChI is InChI=1S/C21H27N3O/c1-16(2)17-7-9-18(10-8-17)23-21(25)20-12-11-19(15-22-20)24-13-5-3-4-6-14-24/h7-12,15-16H,3-6,13-14H2,1-2H3,(H,23,25). The first kappa shape index (κ1) is 17.5. The average molecular weight is 337 g/mol. The van der Waals surface area contributed by atoms with E-state index in [9.17, 15) is 4.79 Å². The van der Waals surface area contributed by atoms with Gasteiger partial charge in [-0.1, -0.05) is 38.8 Å². The Bertz CT molecular complexity index is 684. The molecule has 0 aliphatic carbocycles. The summed E-state index contributed by atoms with van der Waals surface area (Å²) in [5.74, 6) is 0.317. The van der Waals surface area contributed by atoms with Crippen molar-refractivity contribution in [2.24, 2.45) is 0 Å². The summed E-state index contributed by atoms with van der Waals surface area (Å²) in [7, 11) is 0. The molecule has 3 rings (SSSR count). The maximum Gasteiger partial charge on any atom is 0.274 e. The van der Waals surface area contributed by atoms with Crippen molar-refractivity contribution < 1.29 is 4.79 Å². The Labute approximate surface area is 150 Å². The molecule has 0 atom stereocenters. The molecule has 25 heavy (non-hydrogen) atoms. The molecule has 1 amide bonds. The summed E-state index contributed by atoms with van der Waals surface area (Å²) in [5.41, 5.74) is 3.62. The van der Waals surface area contributed by atoms with Crippen LogP contribution in [0.4, 0.5) is 11.4 Å². The Morgan fingerprint density at radius 1 is 1.00 bits per heavy atom. The van der Waals surface area contributed by atoms with E-state index in [-0.39, 0.29) is 5.91 Å². The predicted octanol–water partition coefficient (Wildman–Crippen LogP) is 4.84. The molecule has 1 aliphatic rings. The Morgan fingerprint density at radius 3 is 2.24 bits per heavy atom. The minimum absolute atomic E-state index is 0.167. The van der Waals surface area contributed by atoms with E-state index in [1.54, 1.807) is 0 Å². The number of amides is 1. The number of carbonyl (C=O) groups is 1. The molecule has 0 unspecified atom stereocenters. The number of nitrogens with zero attached hydrogens (tertiary/aromatic N) is 2. The van der Waals surface area contributed by atoms with Gasteiger partial charge in [-0.3, -0.25) is 4.79 Å². The van der Waals surface area contributed by atoms with Gasteiger partial charge in [0.1, 0.15) is 5.69 Å². The van der Waals surface area contributed by atoms with Gasteiger partial charge in [-0.15, -0.1) is 0 Å². The third kappa shape index (κ3) is 4.59. The van der Waals surface area contributed by atoms with Crippen LogP contribution in [0.15, 0.2) is 42.6 Å². The van der Waals surface area contributed by atoms with Crippen molar-refractivity contribution in [3.05, 3.63) is 53.9 Å². The zero-order valence-electron chi connectivity index (χ0n) is 15.2. The summed E-state index contributed by atoms with van der Waals surface area (Å²) in [6.07, 6.45) is 6.89. The van der Waals surface area contributed by atoms with E-state index < -0.39 is 0 Å². The third-order valence-corrected chi connectivity index (χ3v) is 4.79. The molecule has 1 aliphatic heterocycles. The molecule has 4 heteroatoms. The van der Waals surface area contributed by atoms with Crippen LogP contribution in [0.1, 0.15) is 61.5 Å². The van der Waals surface area contributed by atoms with Gasteiger partial charge in [-0.2, -0.15) is 0 Å². The van der Waals surface area contributed by atoms with E-state index in [2.05, 4.69) is 41.2 Å². The molecule has 0 bridgehead atoms. The summed E-state index contributed by atoms with van der Waals surface area (Å²) in [6.45, 7) is 6.47. The highest BCUT2D eigenvalue weighted by molar-refractivity contribution is 6.02. The minimum Gasteiger partial charge on any atom is -0.370 e. The molecule has 1 aromatic heterocycles. The van der Waals surface area contributed by atoms with Crippen molar-refractivity contribution in [3.8, 4) is 0 Å². The van der Waals surface area contributed by atoms with Gasteiger partial charge in [-0.05, 0) is 48.6 Å². The minimum atomic E-state index is -0.167. The van der Waals surface area contributed by atoms with E-state index in [0.29, 0.717) is 11.6 Å². The van der Waals surface area contributed by atoms with Gasteiger partial charge in [-0.25, -0.2) is 4.98 Å². The number of pyridine rings is 1. The summed E-state index contributed by atoms with van der Waals surface area (Å²) in [6, 6.07) is 11.8. The number of benzene rings is 1. The fourth-order valence-electron chi connectivity index (χ4n) is 3.18. The topological polar surface area (TPSA) is 45.2 Å². The number of aromatic nitrogens is 1. The maximum absolute atomic E-state index is 12.4. The highest BCUT2D eigenvalue weighted by atomic mass is 16.1. The van der Waals surface area contributed by atoms with Crippen molar-refractivity contribution in [2.45, 2.75) is 45.4 Å². The van der Waals surface area contributed by atoms with Crippen LogP contribution >= 0.6 is 0 Å². The molecule has 1 aromatic carbocycles. The smallest absolute Gasteiger partial charge is 0.274 e. The zero-order valence-corrected chi connectivity index (χ0v) is 15.2. The van der Waals surface area contributed by atoms with E-state index in [0.717, 1.165) is 24.5 Å². The first-order valence-electron chi connectivity index (χ1n) is 9.26. The van der Waals surface area contributed by atoms with Crippen LogP contribution in [0.2, 0.25) is 0 Å². The number of carbonyl (C=O) groups excluding carboxylic acids is 1. The molecule has 0 saturated carbocycles. The summed E-state index contributed by atoms with van der Waals surface area (Å²) >= 11 is 0. The van der Waals surface area contributed by atoms with Crippen LogP contribution in [-0.2, 0) is 0 Å². The van der Waals surface area contributed by atoms with Gasteiger partial charge < -0.3 is 10.2 Å². The quantitative estimate of drug-likeness (QED) is 0.868. The van der Waals surface area contributed by atoms with Gasteiger partial charge in [0.2, 0.25) is 0 Å². The predicted molar refractivity (Wildman–Crippen MR) is 103 cm³/mol. The Balaban J connectivity index is 1.64. The molecule has 1 N–H and O–H groups in total. The normalized spacial score (nSPS) is 15.1. The van der Waals surface area contributed by atoms with Gasteiger partial charge in [0.25, 0.3) is 5.91 Å². The van der Waals surface area contributed by atoms with Crippen molar-refractivity contribution in [2.75, 3.05) is 23.3 Å². The summed E-state index contributed by atoms with van der Waals surface area (Å²) < 4.78 is 0. The largest absolute Gasteiger partial charge is 0.370 e. The van der Waals surface area contributed by atoms with Crippen LogP contribution < -0.4 is 10.2 Å². The number of anilines is 2. The number of hydrogen-bond donors (Lipinski definition) is 1. The van der Waals surface area contributed by atoms with Gasteiger partial charge in [0.05, 0.1) is 11.9 Å². The molecule has 0 spiro atoms. The molecule has 4 nitrogen and oxygen atoms in total. The lowest BCUT2D eigenvalue weighted by Gasteiger charge is -2.22. The fourth-order valence-corrected chi connectivity index (χ4v) is 3.18. The molecule has 1 saturated heterocycles. The second-order valence-corrected chi connectivity index (χ2v) is 7.03. The van der Waals surface area contributed by atoms with Gasteiger partial charge >= 0.3 is 0 Å². The highest BCUT2D eigenvalue weighted by Crippen LogP contribution is 2.20.